The van der Waals surface area contributed by atoms with Crippen molar-refractivity contribution in [1.29, 1.82) is 0 Å². The Labute approximate surface area is 99.2 Å². The van der Waals surface area contributed by atoms with E-state index in [-0.39, 0.29) is 23.7 Å². The van der Waals surface area contributed by atoms with Crippen LogP contribution in [0, 0.1) is 10.1 Å². The van der Waals surface area contributed by atoms with Crippen molar-refractivity contribution in [1.82, 2.24) is 0 Å². The highest BCUT2D eigenvalue weighted by atomic mass is 16.6. The summed E-state index contributed by atoms with van der Waals surface area (Å²) >= 11 is 0. The number of methoxy groups -OCH3 is 1. The summed E-state index contributed by atoms with van der Waals surface area (Å²) < 4.78 is 4.85. The lowest BCUT2D eigenvalue weighted by molar-refractivity contribution is -0.386. The lowest BCUT2D eigenvalue weighted by Gasteiger charge is -2.15. The first-order valence-electron chi connectivity index (χ1n) is 5.22. The van der Waals surface area contributed by atoms with Gasteiger partial charge in [0.25, 0.3) is 5.69 Å². The monoisotopic (exact) mass is 240 g/mol. The Morgan fingerprint density at radius 1 is 1.53 bits per heavy atom. The molecule has 1 aromatic rings. The van der Waals surface area contributed by atoms with E-state index in [0.717, 1.165) is 0 Å². The number of benzene rings is 1. The van der Waals surface area contributed by atoms with Gasteiger partial charge in [-0.3, -0.25) is 10.1 Å². The minimum atomic E-state index is -0.957. The van der Waals surface area contributed by atoms with Crippen LogP contribution in [-0.4, -0.2) is 29.8 Å². The predicted octanol–water partition coefficient (Wildman–Crippen LogP) is 0.992. The third-order valence-electron chi connectivity index (χ3n) is 2.40. The lowest BCUT2D eigenvalue weighted by atomic mass is 10.0. The van der Waals surface area contributed by atoms with Crippen molar-refractivity contribution in [3.8, 4) is 0 Å². The number of hydrogen-bond acceptors (Lipinski definition) is 5. The minimum absolute atomic E-state index is 0.0929. The molecule has 0 aliphatic rings. The van der Waals surface area contributed by atoms with E-state index in [4.69, 9.17) is 10.5 Å². The number of nitrogens with zero attached hydrogens (tertiary/aromatic N) is 1. The Bertz CT molecular complexity index is 383. The molecular formula is C11H16N2O4. The predicted molar refractivity (Wildman–Crippen MR) is 62.5 cm³/mol. The zero-order valence-corrected chi connectivity index (χ0v) is 9.57. The maximum absolute atomic E-state index is 10.8. The second-order valence-corrected chi connectivity index (χ2v) is 3.78. The maximum Gasteiger partial charge on any atom is 0.275 e. The molecule has 17 heavy (non-hydrogen) atoms. The Morgan fingerprint density at radius 2 is 2.18 bits per heavy atom. The number of ether oxygens (including phenoxy) is 1. The molecule has 0 amide bonds. The van der Waals surface area contributed by atoms with Crippen LogP contribution in [0.3, 0.4) is 0 Å². The summed E-state index contributed by atoms with van der Waals surface area (Å²) in [4.78, 5) is 10.3. The third kappa shape index (κ3) is 3.77. The van der Waals surface area contributed by atoms with E-state index >= 15 is 0 Å². The normalized spacial score (nSPS) is 14.3. The van der Waals surface area contributed by atoms with Crippen molar-refractivity contribution in [2.24, 2.45) is 5.73 Å². The number of rotatable bonds is 6. The SMILES string of the molecule is COCC(N)CC(O)c1ccccc1[N+](=O)[O-]. The molecule has 1 rings (SSSR count). The number of aliphatic hydroxyl groups is 1. The standard InChI is InChI=1S/C11H16N2O4/c1-17-7-8(12)6-11(14)9-4-2-3-5-10(9)13(15)16/h2-5,8,11,14H,6-7,12H2,1H3. The molecule has 94 valence electrons. The number of nitrogens with two attached hydrogens (primary N) is 1. The molecule has 2 atom stereocenters. The van der Waals surface area contributed by atoms with Gasteiger partial charge in [0.1, 0.15) is 0 Å². The van der Waals surface area contributed by atoms with Crippen LogP contribution in [-0.2, 0) is 4.74 Å². The van der Waals surface area contributed by atoms with Crippen molar-refractivity contribution in [3.63, 3.8) is 0 Å². The first-order valence-corrected chi connectivity index (χ1v) is 5.22. The van der Waals surface area contributed by atoms with Gasteiger partial charge in [0.05, 0.1) is 23.2 Å². The summed E-state index contributed by atoms with van der Waals surface area (Å²) in [6.07, 6.45) is -0.736. The van der Waals surface area contributed by atoms with E-state index < -0.39 is 11.0 Å². The van der Waals surface area contributed by atoms with Crippen LogP contribution >= 0.6 is 0 Å². The molecule has 0 spiro atoms. The summed E-state index contributed by atoms with van der Waals surface area (Å²) in [5, 5.41) is 20.7. The fraction of sp³-hybridized carbons (Fsp3) is 0.455. The molecule has 0 aliphatic carbocycles. The second kappa shape index (κ2) is 6.29. The molecule has 0 radical (unpaired) electrons. The molecule has 6 nitrogen and oxygen atoms in total. The van der Waals surface area contributed by atoms with Crippen LogP contribution in [0.15, 0.2) is 24.3 Å². The smallest absolute Gasteiger partial charge is 0.275 e. The van der Waals surface area contributed by atoms with Crippen LogP contribution in [0.5, 0.6) is 0 Å². The van der Waals surface area contributed by atoms with Crippen LogP contribution in [0.25, 0.3) is 0 Å². The van der Waals surface area contributed by atoms with Gasteiger partial charge in [-0.15, -0.1) is 0 Å². The van der Waals surface area contributed by atoms with Crippen molar-refractivity contribution < 1.29 is 14.8 Å². The Kier molecular flexibility index (Phi) is 5.02. The van der Waals surface area contributed by atoms with Gasteiger partial charge >= 0.3 is 0 Å². The van der Waals surface area contributed by atoms with Gasteiger partial charge in [0, 0.05) is 19.2 Å². The van der Waals surface area contributed by atoms with Crippen molar-refractivity contribution in [2.45, 2.75) is 18.6 Å². The second-order valence-electron chi connectivity index (χ2n) is 3.78. The molecule has 1 aromatic carbocycles. The van der Waals surface area contributed by atoms with E-state index in [0.29, 0.717) is 6.61 Å². The Morgan fingerprint density at radius 3 is 2.76 bits per heavy atom. The topological polar surface area (TPSA) is 98.6 Å². The quantitative estimate of drug-likeness (QED) is 0.570. The summed E-state index contributed by atoms with van der Waals surface area (Å²) in [5.41, 5.74) is 5.88. The summed E-state index contributed by atoms with van der Waals surface area (Å²) in [7, 11) is 1.51. The van der Waals surface area contributed by atoms with Crippen LogP contribution < -0.4 is 5.73 Å². The van der Waals surface area contributed by atoms with Gasteiger partial charge in [-0.1, -0.05) is 12.1 Å². The molecule has 0 aliphatic heterocycles. The first-order chi connectivity index (χ1) is 8.06. The molecule has 0 bridgehead atoms. The third-order valence-corrected chi connectivity index (χ3v) is 2.40. The molecule has 0 saturated heterocycles. The fourth-order valence-corrected chi connectivity index (χ4v) is 1.63. The van der Waals surface area contributed by atoms with E-state index in [2.05, 4.69) is 0 Å². The number of para-hydroxylation sites is 1. The zero-order chi connectivity index (χ0) is 12.8. The number of nitro benzene ring substituents is 1. The minimum Gasteiger partial charge on any atom is -0.388 e. The molecule has 6 heteroatoms. The van der Waals surface area contributed by atoms with Crippen LogP contribution in [0.4, 0.5) is 5.69 Å². The summed E-state index contributed by atoms with van der Waals surface area (Å²) in [6, 6.07) is 5.74. The lowest BCUT2D eigenvalue weighted by Crippen LogP contribution is -2.28. The van der Waals surface area contributed by atoms with Crippen molar-refractivity contribution >= 4 is 5.69 Å². The number of nitro groups is 1. The average Bonchev–Trinajstić information content (AvgIpc) is 2.29. The van der Waals surface area contributed by atoms with E-state index in [1.54, 1.807) is 12.1 Å². The van der Waals surface area contributed by atoms with Gasteiger partial charge in [-0.25, -0.2) is 0 Å². The highest BCUT2D eigenvalue weighted by molar-refractivity contribution is 5.41. The van der Waals surface area contributed by atoms with Gasteiger partial charge < -0.3 is 15.6 Å². The van der Waals surface area contributed by atoms with Gasteiger partial charge in [-0.2, -0.15) is 0 Å². The molecule has 2 unspecified atom stereocenters. The molecule has 0 heterocycles. The van der Waals surface area contributed by atoms with E-state index in [1.165, 1.54) is 19.2 Å². The van der Waals surface area contributed by atoms with Crippen molar-refractivity contribution in [2.75, 3.05) is 13.7 Å². The highest BCUT2D eigenvalue weighted by Crippen LogP contribution is 2.27. The molecule has 0 saturated carbocycles. The highest BCUT2D eigenvalue weighted by Gasteiger charge is 2.21. The average molecular weight is 240 g/mol. The Hall–Kier alpha value is -1.50. The largest absolute Gasteiger partial charge is 0.388 e. The van der Waals surface area contributed by atoms with Gasteiger partial charge in [0.2, 0.25) is 0 Å². The van der Waals surface area contributed by atoms with Gasteiger partial charge in [0.15, 0.2) is 0 Å². The Balaban J connectivity index is 2.81. The zero-order valence-electron chi connectivity index (χ0n) is 9.57. The summed E-state index contributed by atoms with van der Waals surface area (Å²) in [6.45, 7) is 0.303. The summed E-state index contributed by atoms with van der Waals surface area (Å²) in [5.74, 6) is 0. The molecule has 3 N–H and O–H groups in total. The van der Waals surface area contributed by atoms with Crippen LogP contribution in [0.2, 0.25) is 0 Å². The van der Waals surface area contributed by atoms with Gasteiger partial charge in [-0.05, 0) is 12.5 Å². The fourth-order valence-electron chi connectivity index (χ4n) is 1.63. The number of hydrogen-bond donors (Lipinski definition) is 2. The maximum atomic E-state index is 10.8. The first kappa shape index (κ1) is 13.6. The number of aliphatic hydroxyl groups excluding tert-OH is 1. The molecule has 0 fully saturated rings. The van der Waals surface area contributed by atoms with Crippen LogP contribution in [0.1, 0.15) is 18.1 Å². The van der Waals surface area contributed by atoms with E-state index in [9.17, 15) is 15.2 Å². The molecule has 0 aromatic heterocycles. The van der Waals surface area contributed by atoms with E-state index in [1.807, 2.05) is 0 Å². The molecular weight excluding hydrogens is 224 g/mol. The van der Waals surface area contributed by atoms with Crippen molar-refractivity contribution in [3.05, 3.63) is 39.9 Å².